The molecule has 0 fully saturated rings. The van der Waals surface area contributed by atoms with Crippen LogP contribution in [-0.2, 0) is 4.79 Å². The highest BCUT2D eigenvalue weighted by atomic mass is 16.2. The Balaban J connectivity index is 2.56. The van der Waals surface area contributed by atoms with E-state index in [1.54, 1.807) is 5.01 Å². The number of nitrogens with one attached hydrogen (secondary N) is 1. The first-order chi connectivity index (χ1) is 7.15. The van der Waals surface area contributed by atoms with Crippen molar-refractivity contribution in [2.24, 2.45) is 5.92 Å². The lowest BCUT2D eigenvalue weighted by atomic mass is 10.1. The number of carbonyl (C=O) groups excluding carboxylic acids is 1. The number of carbonyl (C=O) groups is 1. The summed E-state index contributed by atoms with van der Waals surface area (Å²) in [6.07, 6.45) is 0.856. The number of hydrogen-bond acceptors (Lipinski definition) is 2. The summed E-state index contributed by atoms with van der Waals surface area (Å²) in [4.78, 5) is 11.6. The Morgan fingerprint density at radius 3 is 2.53 bits per heavy atom. The molecule has 0 heterocycles. The fourth-order valence-corrected chi connectivity index (χ4v) is 1.18. The monoisotopic (exact) mass is 206 g/mol. The van der Waals surface area contributed by atoms with E-state index in [-0.39, 0.29) is 11.8 Å². The Labute approximate surface area is 91.1 Å². The van der Waals surface area contributed by atoms with Crippen molar-refractivity contribution in [1.29, 1.82) is 0 Å². The smallest absolute Gasteiger partial charge is 0.241 e. The van der Waals surface area contributed by atoms with E-state index in [4.69, 9.17) is 0 Å². The predicted molar refractivity (Wildman–Crippen MR) is 62.4 cm³/mol. The largest absolute Gasteiger partial charge is 0.289 e. The molecule has 0 radical (unpaired) electrons. The molecule has 1 amide bonds. The van der Waals surface area contributed by atoms with Crippen LogP contribution in [0, 0.1) is 5.92 Å². The third-order valence-corrected chi connectivity index (χ3v) is 2.48. The summed E-state index contributed by atoms with van der Waals surface area (Å²) in [6, 6.07) is 9.75. The highest BCUT2D eigenvalue weighted by Crippen LogP contribution is 2.09. The molecule has 0 aliphatic heterocycles. The molecule has 15 heavy (non-hydrogen) atoms. The van der Waals surface area contributed by atoms with E-state index in [0.717, 1.165) is 12.1 Å². The second-order valence-corrected chi connectivity index (χ2v) is 3.68. The third-order valence-electron chi connectivity index (χ3n) is 2.48. The summed E-state index contributed by atoms with van der Waals surface area (Å²) in [5, 5.41) is 1.74. The summed E-state index contributed by atoms with van der Waals surface area (Å²) >= 11 is 0. The van der Waals surface area contributed by atoms with E-state index < -0.39 is 0 Å². The maximum absolute atomic E-state index is 11.6. The average molecular weight is 206 g/mol. The number of amides is 1. The first kappa shape index (κ1) is 11.6. The van der Waals surface area contributed by atoms with Gasteiger partial charge in [0.2, 0.25) is 5.91 Å². The highest BCUT2D eigenvalue weighted by Gasteiger charge is 2.11. The molecule has 0 aliphatic rings. The lowest BCUT2D eigenvalue weighted by molar-refractivity contribution is -0.124. The zero-order valence-electron chi connectivity index (χ0n) is 9.53. The van der Waals surface area contributed by atoms with Crippen molar-refractivity contribution >= 4 is 11.6 Å². The Morgan fingerprint density at radius 1 is 1.40 bits per heavy atom. The average Bonchev–Trinajstić information content (AvgIpc) is 2.29. The van der Waals surface area contributed by atoms with Crippen molar-refractivity contribution in [1.82, 2.24) is 5.43 Å². The van der Waals surface area contributed by atoms with E-state index in [0.29, 0.717) is 0 Å². The number of hydrogen-bond donors (Lipinski definition) is 1. The van der Waals surface area contributed by atoms with Crippen LogP contribution >= 0.6 is 0 Å². The molecule has 0 bridgehead atoms. The van der Waals surface area contributed by atoms with Crippen molar-refractivity contribution in [3.05, 3.63) is 30.3 Å². The van der Waals surface area contributed by atoms with Gasteiger partial charge in [0.25, 0.3) is 0 Å². The Kier molecular flexibility index (Phi) is 4.16. The Hall–Kier alpha value is -1.51. The van der Waals surface area contributed by atoms with Crippen molar-refractivity contribution in [2.75, 3.05) is 12.1 Å². The summed E-state index contributed by atoms with van der Waals surface area (Å²) in [6.45, 7) is 3.93. The van der Waals surface area contributed by atoms with Crippen molar-refractivity contribution in [3.63, 3.8) is 0 Å². The maximum Gasteiger partial charge on any atom is 0.241 e. The van der Waals surface area contributed by atoms with Gasteiger partial charge >= 0.3 is 0 Å². The topological polar surface area (TPSA) is 32.3 Å². The van der Waals surface area contributed by atoms with Gasteiger partial charge in [0.15, 0.2) is 0 Å². The predicted octanol–water partition coefficient (Wildman–Crippen LogP) is 2.20. The second kappa shape index (κ2) is 5.39. The van der Waals surface area contributed by atoms with Gasteiger partial charge in [0.1, 0.15) is 0 Å². The fraction of sp³-hybridized carbons (Fsp3) is 0.417. The van der Waals surface area contributed by atoms with Crippen LogP contribution in [0.1, 0.15) is 20.3 Å². The van der Waals surface area contributed by atoms with Gasteiger partial charge in [-0.3, -0.25) is 15.2 Å². The van der Waals surface area contributed by atoms with E-state index >= 15 is 0 Å². The van der Waals surface area contributed by atoms with E-state index in [2.05, 4.69) is 5.43 Å². The minimum absolute atomic E-state index is 0.0520. The molecule has 1 unspecified atom stereocenters. The van der Waals surface area contributed by atoms with Crippen LogP contribution in [-0.4, -0.2) is 13.0 Å². The molecule has 0 saturated heterocycles. The van der Waals surface area contributed by atoms with Crippen LogP contribution in [0.4, 0.5) is 5.69 Å². The lowest BCUT2D eigenvalue weighted by Crippen LogP contribution is -2.42. The van der Waals surface area contributed by atoms with Crippen LogP contribution in [0.3, 0.4) is 0 Å². The molecule has 1 aromatic rings. The van der Waals surface area contributed by atoms with Gasteiger partial charge in [-0.25, -0.2) is 0 Å². The molecule has 0 aliphatic carbocycles. The number of rotatable bonds is 4. The molecule has 3 nitrogen and oxygen atoms in total. The van der Waals surface area contributed by atoms with E-state index in [1.807, 2.05) is 51.2 Å². The minimum Gasteiger partial charge on any atom is -0.289 e. The second-order valence-electron chi connectivity index (χ2n) is 3.68. The molecular formula is C12H18N2O. The number of para-hydroxylation sites is 1. The van der Waals surface area contributed by atoms with Crippen molar-refractivity contribution < 1.29 is 4.79 Å². The molecule has 0 aromatic heterocycles. The molecule has 1 N–H and O–H groups in total. The summed E-state index contributed by atoms with van der Waals surface area (Å²) < 4.78 is 0. The van der Waals surface area contributed by atoms with Gasteiger partial charge in [-0.15, -0.1) is 0 Å². The van der Waals surface area contributed by atoms with E-state index in [9.17, 15) is 4.79 Å². The standard InChI is InChI=1S/C12H18N2O/c1-4-10(2)12(15)13-14(3)11-8-6-5-7-9-11/h5-10H,4H2,1-3H3,(H,13,15). The molecule has 0 spiro atoms. The summed E-state index contributed by atoms with van der Waals surface area (Å²) in [5.74, 6) is 0.111. The molecule has 82 valence electrons. The van der Waals surface area contributed by atoms with Crippen LogP contribution < -0.4 is 10.4 Å². The summed E-state index contributed by atoms with van der Waals surface area (Å²) in [5.41, 5.74) is 3.82. The number of benzene rings is 1. The fourth-order valence-electron chi connectivity index (χ4n) is 1.18. The van der Waals surface area contributed by atoms with Gasteiger partial charge in [-0.2, -0.15) is 0 Å². The zero-order valence-corrected chi connectivity index (χ0v) is 9.53. The molecule has 1 aromatic carbocycles. The Morgan fingerprint density at radius 2 is 2.00 bits per heavy atom. The van der Waals surface area contributed by atoms with E-state index in [1.165, 1.54) is 0 Å². The van der Waals surface area contributed by atoms with Crippen molar-refractivity contribution in [2.45, 2.75) is 20.3 Å². The van der Waals surface area contributed by atoms with Crippen molar-refractivity contribution in [3.8, 4) is 0 Å². The molecule has 3 heteroatoms. The number of anilines is 1. The van der Waals surface area contributed by atoms with Gasteiger partial charge in [0, 0.05) is 13.0 Å². The number of hydrazine groups is 1. The molecule has 1 rings (SSSR count). The molecular weight excluding hydrogens is 188 g/mol. The Bertz CT molecular complexity index is 311. The van der Waals surface area contributed by atoms with Crippen LogP contribution in [0.15, 0.2) is 30.3 Å². The first-order valence-corrected chi connectivity index (χ1v) is 5.24. The highest BCUT2D eigenvalue weighted by molar-refractivity contribution is 5.79. The SMILES string of the molecule is CCC(C)C(=O)NN(C)c1ccccc1. The van der Waals surface area contributed by atoms with Gasteiger partial charge in [-0.05, 0) is 18.6 Å². The minimum atomic E-state index is 0.0520. The van der Waals surface area contributed by atoms with Gasteiger partial charge < -0.3 is 0 Å². The zero-order chi connectivity index (χ0) is 11.3. The quantitative estimate of drug-likeness (QED) is 0.766. The van der Waals surface area contributed by atoms with Gasteiger partial charge in [-0.1, -0.05) is 32.0 Å². The molecule has 0 saturated carbocycles. The summed E-state index contributed by atoms with van der Waals surface area (Å²) in [7, 11) is 1.84. The maximum atomic E-state index is 11.6. The van der Waals surface area contributed by atoms with Gasteiger partial charge in [0.05, 0.1) is 5.69 Å². The number of nitrogens with zero attached hydrogens (tertiary/aromatic N) is 1. The van der Waals surface area contributed by atoms with Crippen LogP contribution in [0.25, 0.3) is 0 Å². The third kappa shape index (κ3) is 3.27. The van der Waals surface area contributed by atoms with Crippen LogP contribution in [0.5, 0.6) is 0 Å². The lowest BCUT2D eigenvalue weighted by Gasteiger charge is -2.22. The normalized spacial score (nSPS) is 11.9. The first-order valence-electron chi connectivity index (χ1n) is 5.24. The molecule has 1 atom stereocenters. The van der Waals surface area contributed by atoms with Crippen LogP contribution in [0.2, 0.25) is 0 Å².